The molecule has 0 aromatic heterocycles. The van der Waals surface area contributed by atoms with Gasteiger partial charge in [0.15, 0.2) is 0 Å². The minimum absolute atomic E-state index is 0.00109. The van der Waals surface area contributed by atoms with Crippen molar-refractivity contribution in [2.24, 2.45) is 0 Å². The molecule has 1 fully saturated rings. The van der Waals surface area contributed by atoms with E-state index in [-0.39, 0.29) is 7.92 Å². The van der Waals surface area contributed by atoms with Gasteiger partial charge in [0.1, 0.15) is 0 Å². The maximum absolute atomic E-state index is 5.68. The van der Waals surface area contributed by atoms with E-state index in [1.165, 1.54) is 0 Å². The van der Waals surface area contributed by atoms with Crippen LogP contribution in [-0.4, -0.2) is 26.9 Å². The van der Waals surface area contributed by atoms with Crippen LogP contribution in [-0.2, 0) is 8.85 Å². The Balaban J connectivity index is 2.36. The van der Waals surface area contributed by atoms with Crippen molar-refractivity contribution in [2.45, 2.75) is 32.6 Å². The first kappa shape index (κ1) is 9.65. The normalized spacial score (nSPS) is 25.9. The summed E-state index contributed by atoms with van der Waals surface area (Å²) < 4.78 is 11.4. The third-order valence-corrected chi connectivity index (χ3v) is 6.43. The largest absolute Gasteiger partial charge is 0.390 e. The van der Waals surface area contributed by atoms with Gasteiger partial charge in [0.2, 0.25) is 0 Å². The van der Waals surface area contributed by atoms with E-state index in [0.717, 1.165) is 18.4 Å². The Labute approximate surface area is 71.3 Å². The lowest BCUT2D eigenvalue weighted by Crippen LogP contribution is -2.39. The Hall–Kier alpha value is 0.567. The third-order valence-electron chi connectivity index (χ3n) is 1.89. The highest BCUT2D eigenvalue weighted by Crippen LogP contribution is 2.45. The summed E-state index contributed by atoms with van der Waals surface area (Å²) in [5, 5.41) is 0. The van der Waals surface area contributed by atoms with Crippen molar-refractivity contribution in [2.75, 3.05) is 12.7 Å². The molecule has 0 aromatic carbocycles. The first-order chi connectivity index (χ1) is 5.01. The van der Waals surface area contributed by atoms with Crippen LogP contribution in [0.15, 0.2) is 0 Å². The van der Waals surface area contributed by atoms with Crippen molar-refractivity contribution in [3.63, 3.8) is 0 Å². The second-order valence-electron chi connectivity index (χ2n) is 3.63. The highest BCUT2D eigenvalue weighted by atomic mass is 31.1. The van der Waals surface area contributed by atoms with Gasteiger partial charge < -0.3 is 8.85 Å². The Morgan fingerprint density at radius 3 is 2.00 bits per heavy atom. The highest BCUT2D eigenvalue weighted by molar-refractivity contribution is 7.58. The molecule has 0 spiro atoms. The van der Waals surface area contributed by atoms with E-state index in [1.54, 1.807) is 0 Å². The minimum Gasteiger partial charge on any atom is -0.390 e. The Bertz CT molecular complexity index is 128. The van der Waals surface area contributed by atoms with Crippen molar-refractivity contribution >= 4 is 16.5 Å². The molecule has 0 aliphatic carbocycles. The summed E-state index contributed by atoms with van der Waals surface area (Å²) in [6.45, 7) is 8.72. The Kier molecular flexibility index (Phi) is 3.09. The third kappa shape index (κ3) is 2.83. The van der Waals surface area contributed by atoms with E-state index in [2.05, 4.69) is 26.9 Å². The van der Waals surface area contributed by atoms with Crippen LogP contribution >= 0.6 is 7.92 Å². The number of hydrogen-bond acceptors (Lipinski definition) is 2. The van der Waals surface area contributed by atoms with Gasteiger partial charge in [0, 0.05) is 0 Å². The molecular weight excluding hydrogens is 175 g/mol. The van der Waals surface area contributed by atoms with Gasteiger partial charge in [-0.2, -0.15) is 0 Å². The summed E-state index contributed by atoms with van der Waals surface area (Å²) in [4.78, 5) is 0. The first-order valence-corrected chi connectivity index (χ1v) is 8.63. The first-order valence-electron chi connectivity index (χ1n) is 4.03. The zero-order valence-corrected chi connectivity index (χ0v) is 9.65. The van der Waals surface area contributed by atoms with Gasteiger partial charge >= 0.3 is 8.56 Å². The molecule has 11 heavy (non-hydrogen) atoms. The van der Waals surface area contributed by atoms with Crippen LogP contribution in [0.2, 0.25) is 13.1 Å². The molecule has 0 unspecified atom stereocenters. The molecule has 0 bridgehead atoms. The molecule has 4 heteroatoms. The van der Waals surface area contributed by atoms with Gasteiger partial charge in [-0.3, -0.25) is 0 Å². The van der Waals surface area contributed by atoms with Crippen molar-refractivity contribution in [1.29, 1.82) is 0 Å². The monoisotopic (exact) mass is 192 g/mol. The predicted molar refractivity (Wildman–Crippen MR) is 51.4 cm³/mol. The molecule has 0 N–H and O–H groups in total. The van der Waals surface area contributed by atoms with Crippen molar-refractivity contribution < 1.29 is 8.85 Å². The summed E-state index contributed by atoms with van der Waals surface area (Å²) in [7, 11) is -1.66. The topological polar surface area (TPSA) is 18.5 Å². The van der Waals surface area contributed by atoms with Gasteiger partial charge in [-0.15, -0.1) is 0 Å². The Morgan fingerprint density at radius 1 is 1.18 bits per heavy atom. The van der Waals surface area contributed by atoms with E-state index in [1.807, 2.05) is 0 Å². The summed E-state index contributed by atoms with van der Waals surface area (Å²) in [6, 6.07) is 0. The van der Waals surface area contributed by atoms with Crippen molar-refractivity contribution in [3.8, 4) is 0 Å². The van der Waals surface area contributed by atoms with Crippen LogP contribution in [0.25, 0.3) is 0 Å². The predicted octanol–water partition coefficient (Wildman–Crippen LogP) is 2.54. The molecule has 0 amide bonds. The van der Waals surface area contributed by atoms with Crippen LogP contribution in [0.5, 0.6) is 0 Å². The van der Waals surface area contributed by atoms with Crippen LogP contribution in [0, 0.1) is 0 Å². The van der Waals surface area contributed by atoms with E-state index in [9.17, 15) is 0 Å². The van der Waals surface area contributed by atoms with Crippen molar-refractivity contribution in [1.82, 2.24) is 0 Å². The average Bonchev–Trinajstić information content (AvgIpc) is 1.86. The lowest BCUT2D eigenvalue weighted by molar-refractivity contribution is 0.212. The maximum atomic E-state index is 5.68. The van der Waals surface area contributed by atoms with Gasteiger partial charge in [0.25, 0.3) is 0 Å². The average molecular weight is 192 g/mol. The van der Waals surface area contributed by atoms with Gasteiger partial charge in [-0.05, 0) is 18.8 Å². The second-order valence-corrected chi connectivity index (χ2v) is 9.73. The van der Waals surface area contributed by atoms with Gasteiger partial charge in [-0.25, -0.2) is 0 Å². The fourth-order valence-corrected chi connectivity index (χ4v) is 5.42. The Morgan fingerprint density at radius 2 is 1.64 bits per heavy atom. The SMILES string of the molecule is CC(C)P1CO[Si](C)(C)OC1. The fraction of sp³-hybridized carbons (Fsp3) is 1.00. The summed E-state index contributed by atoms with van der Waals surface area (Å²) in [6.07, 6.45) is 1.93. The summed E-state index contributed by atoms with van der Waals surface area (Å²) >= 11 is 0. The number of rotatable bonds is 1. The lowest BCUT2D eigenvalue weighted by atomic mass is 10.6. The van der Waals surface area contributed by atoms with E-state index >= 15 is 0 Å². The molecule has 0 saturated carbocycles. The zero-order chi connectivity index (χ0) is 8.48. The molecular formula is C7H17O2PSi. The highest BCUT2D eigenvalue weighted by Gasteiger charge is 2.32. The van der Waals surface area contributed by atoms with Crippen LogP contribution < -0.4 is 0 Å². The molecule has 0 radical (unpaired) electrons. The van der Waals surface area contributed by atoms with Crippen LogP contribution in [0.4, 0.5) is 0 Å². The molecule has 0 aromatic rings. The minimum atomic E-state index is -1.66. The smallest absolute Gasteiger partial charge is 0.332 e. The maximum Gasteiger partial charge on any atom is 0.332 e. The fourth-order valence-electron chi connectivity index (χ4n) is 0.854. The van der Waals surface area contributed by atoms with E-state index < -0.39 is 8.56 Å². The molecule has 1 heterocycles. The number of hydrogen-bond donors (Lipinski definition) is 0. The molecule has 2 nitrogen and oxygen atoms in total. The zero-order valence-electron chi connectivity index (χ0n) is 7.76. The lowest BCUT2D eigenvalue weighted by Gasteiger charge is -2.35. The van der Waals surface area contributed by atoms with Gasteiger partial charge in [-0.1, -0.05) is 21.8 Å². The molecule has 1 aliphatic heterocycles. The van der Waals surface area contributed by atoms with Crippen molar-refractivity contribution in [3.05, 3.63) is 0 Å². The second kappa shape index (κ2) is 3.52. The summed E-state index contributed by atoms with van der Waals surface area (Å²) in [5.41, 5.74) is 0.745. The van der Waals surface area contributed by atoms with Crippen LogP contribution in [0.1, 0.15) is 13.8 Å². The molecule has 1 aliphatic rings. The van der Waals surface area contributed by atoms with E-state index in [4.69, 9.17) is 8.85 Å². The molecule has 1 saturated heterocycles. The quantitative estimate of drug-likeness (QED) is 0.469. The standard InChI is InChI=1S/C7H17O2PSi/c1-7(2)10-5-8-11(3,4)9-6-10/h7H,5-6H2,1-4H3. The molecule has 1 rings (SSSR count). The molecule has 66 valence electrons. The van der Waals surface area contributed by atoms with Gasteiger partial charge in [0.05, 0.1) is 12.7 Å². The molecule has 0 atom stereocenters. The van der Waals surface area contributed by atoms with Crippen LogP contribution in [0.3, 0.4) is 0 Å². The summed E-state index contributed by atoms with van der Waals surface area (Å²) in [5.74, 6) is 0. The van der Waals surface area contributed by atoms with E-state index in [0.29, 0.717) is 0 Å².